The molecule has 0 spiro atoms. The largest absolute Gasteiger partial charge is 0.340 e. The average Bonchev–Trinajstić information content (AvgIpc) is 2.15. The molecule has 1 fully saturated rings. The maximum Gasteiger partial charge on any atom is 0.222 e. The number of nitrogens with zero attached hydrogens (tertiary/aromatic N) is 2. The third kappa shape index (κ3) is 2.47. The van der Waals surface area contributed by atoms with Gasteiger partial charge in [0.2, 0.25) is 5.91 Å². The summed E-state index contributed by atoms with van der Waals surface area (Å²) in [4.78, 5) is 15.9. The molecule has 1 rings (SSSR count). The van der Waals surface area contributed by atoms with Crippen LogP contribution in [-0.4, -0.2) is 47.4 Å². The number of hydrogen-bond acceptors (Lipinski definition) is 2. The van der Waals surface area contributed by atoms with Gasteiger partial charge in [0.1, 0.15) is 0 Å². The molecule has 0 radical (unpaired) electrons. The molecule has 1 aliphatic rings. The standard InChI is InChI=1S/C11H22N2O/c1-5-11(14)12-6-7-13(9(2)3)10(4)8-12/h9-10H,5-8H2,1-4H3. The minimum absolute atomic E-state index is 0.292. The lowest BCUT2D eigenvalue weighted by molar-refractivity contribution is -0.134. The van der Waals surface area contributed by atoms with Crippen molar-refractivity contribution in [3.05, 3.63) is 0 Å². The van der Waals surface area contributed by atoms with E-state index < -0.39 is 0 Å². The summed E-state index contributed by atoms with van der Waals surface area (Å²) >= 11 is 0. The van der Waals surface area contributed by atoms with Crippen LogP contribution in [-0.2, 0) is 4.79 Å². The smallest absolute Gasteiger partial charge is 0.222 e. The highest BCUT2D eigenvalue weighted by Crippen LogP contribution is 2.13. The van der Waals surface area contributed by atoms with E-state index in [0.717, 1.165) is 19.6 Å². The Kier molecular flexibility index (Phi) is 3.93. The fourth-order valence-electron chi connectivity index (χ4n) is 2.19. The van der Waals surface area contributed by atoms with Crippen molar-refractivity contribution in [3.63, 3.8) is 0 Å². The molecule has 1 heterocycles. The molecule has 0 aromatic heterocycles. The van der Waals surface area contributed by atoms with Crippen LogP contribution in [0, 0.1) is 0 Å². The molecular formula is C11H22N2O. The summed E-state index contributed by atoms with van der Waals surface area (Å²) in [7, 11) is 0. The first-order chi connectivity index (χ1) is 6.56. The zero-order valence-electron chi connectivity index (χ0n) is 9.79. The zero-order chi connectivity index (χ0) is 10.7. The van der Waals surface area contributed by atoms with Crippen molar-refractivity contribution in [2.45, 2.75) is 46.2 Å². The van der Waals surface area contributed by atoms with Crippen molar-refractivity contribution in [2.75, 3.05) is 19.6 Å². The van der Waals surface area contributed by atoms with E-state index in [1.165, 1.54) is 0 Å². The van der Waals surface area contributed by atoms with Crippen LogP contribution in [0.1, 0.15) is 34.1 Å². The Morgan fingerprint density at radius 2 is 2.07 bits per heavy atom. The Labute approximate surface area is 87.1 Å². The van der Waals surface area contributed by atoms with Crippen molar-refractivity contribution in [3.8, 4) is 0 Å². The van der Waals surface area contributed by atoms with E-state index in [-0.39, 0.29) is 0 Å². The summed E-state index contributed by atoms with van der Waals surface area (Å²) in [5.41, 5.74) is 0. The van der Waals surface area contributed by atoms with Crippen molar-refractivity contribution >= 4 is 5.91 Å². The van der Waals surface area contributed by atoms with E-state index in [2.05, 4.69) is 25.7 Å². The minimum Gasteiger partial charge on any atom is -0.340 e. The highest BCUT2D eigenvalue weighted by atomic mass is 16.2. The van der Waals surface area contributed by atoms with E-state index in [1.54, 1.807) is 0 Å². The Hall–Kier alpha value is -0.570. The molecule has 0 saturated carbocycles. The normalized spacial score (nSPS) is 24.4. The van der Waals surface area contributed by atoms with Crippen molar-refractivity contribution < 1.29 is 4.79 Å². The first kappa shape index (κ1) is 11.5. The van der Waals surface area contributed by atoms with Crippen LogP contribution >= 0.6 is 0 Å². The second kappa shape index (κ2) is 4.78. The van der Waals surface area contributed by atoms with Gasteiger partial charge in [0.05, 0.1) is 0 Å². The molecule has 1 amide bonds. The molecule has 1 saturated heterocycles. The highest BCUT2D eigenvalue weighted by molar-refractivity contribution is 5.75. The predicted octanol–water partition coefficient (Wildman–Crippen LogP) is 1.34. The van der Waals surface area contributed by atoms with Gasteiger partial charge in [-0.15, -0.1) is 0 Å². The van der Waals surface area contributed by atoms with E-state index in [0.29, 0.717) is 24.4 Å². The Morgan fingerprint density at radius 1 is 1.43 bits per heavy atom. The molecule has 82 valence electrons. The SMILES string of the molecule is CCC(=O)N1CCN(C(C)C)C(C)C1. The number of piperazine rings is 1. The lowest BCUT2D eigenvalue weighted by atomic mass is 10.1. The summed E-state index contributed by atoms with van der Waals surface area (Å²) in [6.45, 7) is 11.4. The van der Waals surface area contributed by atoms with E-state index in [4.69, 9.17) is 0 Å². The summed E-state index contributed by atoms with van der Waals surface area (Å²) in [5, 5.41) is 0. The molecule has 0 aromatic carbocycles. The van der Waals surface area contributed by atoms with Crippen LogP contribution in [0.4, 0.5) is 0 Å². The molecule has 1 atom stereocenters. The lowest BCUT2D eigenvalue weighted by Gasteiger charge is -2.42. The molecule has 0 aromatic rings. The maximum absolute atomic E-state index is 11.5. The summed E-state index contributed by atoms with van der Waals surface area (Å²) < 4.78 is 0. The zero-order valence-corrected chi connectivity index (χ0v) is 9.79. The topological polar surface area (TPSA) is 23.6 Å². The first-order valence-electron chi connectivity index (χ1n) is 5.59. The molecule has 14 heavy (non-hydrogen) atoms. The molecule has 0 aliphatic carbocycles. The van der Waals surface area contributed by atoms with Crippen molar-refractivity contribution in [1.82, 2.24) is 9.80 Å². The number of rotatable bonds is 2. The molecular weight excluding hydrogens is 176 g/mol. The van der Waals surface area contributed by atoms with Gasteiger partial charge in [-0.1, -0.05) is 6.92 Å². The van der Waals surface area contributed by atoms with Crippen molar-refractivity contribution in [1.29, 1.82) is 0 Å². The van der Waals surface area contributed by atoms with Gasteiger partial charge >= 0.3 is 0 Å². The Bertz CT molecular complexity index is 203. The summed E-state index contributed by atoms with van der Waals surface area (Å²) in [5.74, 6) is 0.292. The van der Waals surface area contributed by atoms with Gasteiger partial charge < -0.3 is 4.90 Å². The van der Waals surface area contributed by atoms with Gasteiger partial charge in [-0.2, -0.15) is 0 Å². The van der Waals surface area contributed by atoms with E-state index in [1.807, 2.05) is 11.8 Å². The van der Waals surface area contributed by atoms with Gasteiger partial charge in [-0.25, -0.2) is 0 Å². The average molecular weight is 198 g/mol. The van der Waals surface area contributed by atoms with Crippen LogP contribution in [0.5, 0.6) is 0 Å². The molecule has 0 N–H and O–H groups in total. The molecule has 3 heteroatoms. The minimum atomic E-state index is 0.292. The van der Waals surface area contributed by atoms with Crippen LogP contribution in [0.15, 0.2) is 0 Å². The summed E-state index contributed by atoms with van der Waals surface area (Å²) in [6, 6.07) is 1.09. The van der Waals surface area contributed by atoms with Crippen molar-refractivity contribution in [2.24, 2.45) is 0 Å². The number of amides is 1. The molecule has 1 aliphatic heterocycles. The van der Waals surface area contributed by atoms with Gasteiger partial charge in [0.25, 0.3) is 0 Å². The molecule has 1 unspecified atom stereocenters. The maximum atomic E-state index is 11.5. The number of hydrogen-bond donors (Lipinski definition) is 0. The lowest BCUT2D eigenvalue weighted by Crippen LogP contribution is -2.55. The number of carbonyl (C=O) groups excluding carboxylic acids is 1. The molecule has 3 nitrogen and oxygen atoms in total. The fourth-order valence-corrected chi connectivity index (χ4v) is 2.19. The monoisotopic (exact) mass is 198 g/mol. The van der Waals surface area contributed by atoms with Crippen LogP contribution in [0.2, 0.25) is 0 Å². The number of carbonyl (C=O) groups is 1. The van der Waals surface area contributed by atoms with Gasteiger partial charge in [0, 0.05) is 38.1 Å². The van der Waals surface area contributed by atoms with Gasteiger partial charge in [-0.3, -0.25) is 9.69 Å². The van der Waals surface area contributed by atoms with Gasteiger partial charge in [-0.05, 0) is 20.8 Å². The summed E-state index contributed by atoms with van der Waals surface area (Å²) in [6.07, 6.45) is 0.633. The van der Waals surface area contributed by atoms with Gasteiger partial charge in [0.15, 0.2) is 0 Å². The van der Waals surface area contributed by atoms with E-state index >= 15 is 0 Å². The molecule has 0 bridgehead atoms. The van der Waals surface area contributed by atoms with E-state index in [9.17, 15) is 4.79 Å². The second-order valence-corrected chi connectivity index (χ2v) is 4.37. The Morgan fingerprint density at radius 3 is 2.50 bits per heavy atom. The van der Waals surface area contributed by atoms with Crippen LogP contribution < -0.4 is 0 Å². The van der Waals surface area contributed by atoms with Crippen LogP contribution in [0.25, 0.3) is 0 Å². The third-order valence-corrected chi connectivity index (χ3v) is 3.00. The third-order valence-electron chi connectivity index (χ3n) is 3.00. The first-order valence-corrected chi connectivity index (χ1v) is 5.59. The van der Waals surface area contributed by atoms with Crippen LogP contribution in [0.3, 0.4) is 0 Å². The fraction of sp³-hybridized carbons (Fsp3) is 0.909. The quantitative estimate of drug-likeness (QED) is 0.668. The predicted molar refractivity (Wildman–Crippen MR) is 58.2 cm³/mol. The highest BCUT2D eigenvalue weighted by Gasteiger charge is 2.26. The Balaban J connectivity index is 2.50. The second-order valence-electron chi connectivity index (χ2n) is 4.37.